The molecule has 0 aliphatic heterocycles. The maximum atomic E-state index is 6.09. The van der Waals surface area contributed by atoms with Crippen molar-refractivity contribution in [2.45, 2.75) is 6.54 Å². The molecule has 0 heterocycles. The molecule has 1 N–H and O–H groups in total. The van der Waals surface area contributed by atoms with E-state index in [1.165, 1.54) is 0 Å². The molecule has 106 valence electrons. The van der Waals surface area contributed by atoms with Crippen LogP contribution >= 0.6 is 59.4 Å². The Hall–Kier alpha value is -0.230. The van der Waals surface area contributed by atoms with Crippen LogP contribution in [0.3, 0.4) is 0 Å². The van der Waals surface area contributed by atoms with Crippen LogP contribution in [0.15, 0.2) is 43.7 Å². The molecule has 0 saturated heterocycles. The van der Waals surface area contributed by atoms with Gasteiger partial charge < -0.3 is 10.1 Å². The number of hydrogen-bond donors (Lipinski definition) is 1. The Balaban J connectivity index is 2.16. The molecule has 0 fully saturated rings. The highest BCUT2D eigenvalue weighted by Gasteiger charge is 2.07. The Kier molecular flexibility index (Phi) is 5.78. The molecule has 0 aromatic heterocycles. The molecule has 0 atom stereocenters. The predicted octanol–water partition coefficient (Wildman–Crippen LogP) is 6.25. The summed E-state index contributed by atoms with van der Waals surface area (Å²) in [6.07, 6.45) is 0. The van der Waals surface area contributed by atoms with Crippen molar-refractivity contribution in [2.75, 3.05) is 12.4 Å². The van der Waals surface area contributed by atoms with Crippen LogP contribution in [0.4, 0.5) is 5.69 Å². The number of ether oxygens (including phenoxy) is 1. The van der Waals surface area contributed by atoms with E-state index in [2.05, 4.69) is 53.1 Å². The summed E-state index contributed by atoms with van der Waals surface area (Å²) >= 11 is 16.4. The van der Waals surface area contributed by atoms with Gasteiger partial charge in [0.05, 0.1) is 22.3 Å². The second kappa shape index (κ2) is 7.16. The van der Waals surface area contributed by atoms with E-state index in [-0.39, 0.29) is 0 Å². The molecule has 2 aromatic rings. The minimum absolute atomic E-state index is 0.677. The summed E-state index contributed by atoms with van der Waals surface area (Å²) in [5, 5.41) is 4.06. The van der Waals surface area contributed by atoms with Crippen molar-refractivity contribution in [2.24, 2.45) is 0 Å². The SMILES string of the molecule is COc1cc(NCc2ccc(Br)c(Cl)c2)c(Br)cc1Br. The third-order valence-corrected chi connectivity index (χ3v) is 5.22. The smallest absolute Gasteiger partial charge is 0.135 e. The first-order chi connectivity index (χ1) is 9.51. The van der Waals surface area contributed by atoms with Crippen molar-refractivity contribution >= 4 is 65.1 Å². The van der Waals surface area contributed by atoms with Crippen LogP contribution in [0.5, 0.6) is 5.75 Å². The number of benzene rings is 2. The minimum atomic E-state index is 0.677. The standard InChI is InChI=1S/C14H11Br3ClNO/c1-20-14-6-13(10(16)5-11(14)17)19-7-8-2-3-9(15)12(18)4-8/h2-6,19H,7H2,1H3. The topological polar surface area (TPSA) is 21.3 Å². The highest BCUT2D eigenvalue weighted by Crippen LogP contribution is 2.35. The third-order valence-electron chi connectivity index (χ3n) is 2.71. The molecule has 0 bridgehead atoms. The number of hydrogen-bond acceptors (Lipinski definition) is 2. The van der Waals surface area contributed by atoms with Crippen LogP contribution in [0.25, 0.3) is 0 Å². The quantitative estimate of drug-likeness (QED) is 0.554. The first-order valence-electron chi connectivity index (χ1n) is 5.72. The maximum Gasteiger partial charge on any atom is 0.135 e. The molecular formula is C14H11Br3ClNO. The zero-order valence-corrected chi connectivity index (χ0v) is 16.0. The summed E-state index contributed by atoms with van der Waals surface area (Å²) in [6, 6.07) is 9.79. The lowest BCUT2D eigenvalue weighted by Gasteiger charge is -2.12. The van der Waals surface area contributed by atoms with Gasteiger partial charge in [-0.1, -0.05) is 17.7 Å². The van der Waals surface area contributed by atoms with Crippen LogP contribution in [0.1, 0.15) is 5.56 Å². The summed E-state index contributed by atoms with van der Waals surface area (Å²) in [5.74, 6) is 0.782. The van der Waals surface area contributed by atoms with E-state index < -0.39 is 0 Å². The van der Waals surface area contributed by atoms with E-state index >= 15 is 0 Å². The van der Waals surface area contributed by atoms with Crippen molar-refractivity contribution in [1.82, 2.24) is 0 Å². The fraction of sp³-hybridized carbons (Fsp3) is 0.143. The molecule has 2 rings (SSSR count). The van der Waals surface area contributed by atoms with Gasteiger partial charge in [0.25, 0.3) is 0 Å². The van der Waals surface area contributed by atoms with Gasteiger partial charge in [0.1, 0.15) is 5.75 Å². The van der Waals surface area contributed by atoms with Gasteiger partial charge in [0, 0.05) is 21.6 Å². The van der Waals surface area contributed by atoms with Gasteiger partial charge in [-0.2, -0.15) is 0 Å². The van der Waals surface area contributed by atoms with Crippen molar-refractivity contribution in [3.05, 3.63) is 54.3 Å². The van der Waals surface area contributed by atoms with Gasteiger partial charge >= 0.3 is 0 Å². The molecule has 0 spiro atoms. The highest BCUT2D eigenvalue weighted by molar-refractivity contribution is 9.11. The molecule has 0 saturated carbocycles. The molecule has 0 aliphatic carbocycles. The second-order valence-corrected chi connectivity index (χ2v) is 7.04. The van der Waals surface area contributed by atoms with Crippen molar-refractivity contribution in [3.8, 4) is 5.75 Å². The van der Waals surface area contributed by atoms with Gasteiger partial charge in [-0.05, 0) is 71.6 Å². The zero-order chi connectivity index (χ0) is 14.7. The Labute approximate surface area is 148 Å². The molecular weight excluding hydrogens is 473 g/mol. The van der Waals surface area contributed by atoms with Crippen LogP contribution < -0.4 is 10.1 Å². The lowest BCUT2D eigenvalue weighted by Crippen LogP contribution is -2.01. The first-order valence-corrected chi connectivity index (χ1v) is 8.48. The normalized spacial score (nSPS) is 10.4. The lowest BCUT2D eigenvalue weighted by molar-refractivity contribution is 0.412. The second-order valence-electron chi connectivity index (χ2n) is 4.07. The fourth-order valence-corrected chi connectivity index (χ4v) is 3.41. The third kappa shape index (κ3) is 3.91. The Morgan fingerprint density at radius 1 is 1.05 bits per heavy atom. The molecule has 0 amide bonds. The van der Waals surface area contributed by atoms with Crippen molar-refractivity contribution < 1.29 is 4.74 Å². The average Bonchev–Trinajstić information content (AvgIpc) is 2.41. The summed E-state index contributed by atoms with van der Waals surface area (Å²) in [4.78, 5) is 0. The van der Waals surface area contributed by atoms with E-state index in [0.29, 0.717) is 11.6 Å². The molecule has 20 heavy (non-hydrogen) atoms. The van der Waals surface area contributed by atoms with E-state index in [9.17, 15) is 0 Å². The van der Waals surface area contributed by atoms with E-state index in [0.717, 1.165) is 30.4 Å². The molecule has 0 aliphatic rings. The van der Waals surface area contributed by atoms with Gasteiger partial charge in [0.15, 0.2) is 0 Å². The van der Waals surface area contributed by atoms with Crippen molar-refractivity contribution in [3.63, 3.8) is 0 Å². The maximum absolute atomic E-state index is 6.09. The first kappa shape index (κ1) is 16.1. The van der Waals surface area contributed by atoms with Crippen LogP contribution in [-0.4, -0.2) is 7.11 Å². The van der Waals surface area contributed by atoms with Crippen LogP contribution in [0, 0.1) is 0 Å². The largest absolute Gasteiger partial charge is 0.495 e. The highest BCUT2D eigenvalue weighted by atomic mass is 79.9. The van der Waals surface area contributed by atoms with Crippen LogP contribution in [0.2, 0.25) is 5.02 Å². The fourth-order valence-electron chi connectivity index (χ4n) is 1.67. The van der Waals surface area contributed by atoms with Gasteiger partial charge in [-0.15, -0.1) is 0 Å². The number of rotatable bonds is 4. The zero-order valence-electron chi connectivity index (χ0n) is 10.5. The molecule has 2 nitrogen and oxygen atoms in total. The number of nitrogens with one attached hydrogen (secondary N) is 1. The number of halogens is 4. The summed E-state index contributed by atoms with van der Waals surface area (Å²) < 4.78 is 8.06. The van der Waals surface area contributed by atoms with Crippen molar-refractivity contribution in [1.29, 1.82) is 0 Å². The molecule has 0 radical (unpaired) electrons. The summed E-state index contributed by atoms with van der Waals surface area (Å²) in [5.41, 5.74) is 2.07. The average molecular weight is 484 g/mol. The summed E-state index contributed by atoms with van der Waals surface area (Å²) in [6.45, 7) is 0.677. The van der Waals surface area contributed by atoms with Gasteiger partial charge in [-0.25, -0.2) is 0 Å². The monoisotopic (exact) mass is 481 g/mol. The van der Waals surface area contributed by atoms with Crippen LogP contribution in [-0.2, 0) is 6.54 Å². The van der Waals surface area contributed by atoms with E-state index in [4.69, 9.17) is 16.3 Å². The van der Waals surface area contributed by atoms with Gasteiger partial charge in [0.2, 0.25) is 0 Å². The Bertz CT molecular complexity index is 634. The minimum Gasteiger partial charge on any atom is -0.495 e. The molecule has 6 heteroatoms. The van der Waals surface area contributed by atoms with Gasteiger partial charge in [-0.3, -0.25) is 0 Å². The van der Waals surface area contributed by atoms with E-state index in [1.807, 2.05) is 30.3 Å². The van der Waals surface area contributed by atoms with E-state index in [1.54, 1.807) is 7.11 Å². The number of methoxy groups -OCH3 is 1. The number of anilines is 1. The Morgan fingerprint density at radius 3 is 2.45 bits per heavy atom. The Morgan fingerprint density at radius 2 is 1.80 bits per heavy atom. The lowest BCUT2D eigenvalue weighted by atomic mass is 10.2. The predicted molar refractivity (Wildman–Crippen MR) is 94.9 cm³/mol. The molecule has 2 aromatic carbocycles. The molecule has 0 unspecified atom stereocenters. The summed E-state index contributed by atoms with van der Waals surface area (Å²) in [7, 11) is 1.65.